The van der Waals surface area contributed by atoms with E-state index in [1.807, 2.05) is 51.1 Å². The summed E-state index contributed by atoms with van der Waals surface area (Å²) in [6.45, 7) is 5.84. The van der Waals surface area contributed by atoms with Crippen LogP contribution in [0, 0.1) is 5.92 Å². The largest absolute Gasteiger partial charge is 0.445 e. The van der Waals surface area contributed by atoms with Crippen LogP contribution in [0.4, 0.5) is 4.79 Å². The molecule has 0 fully saturated rings. The summed E-state index contributed by atoms with van der Waals surface area (Å²) in [5, 5.41) is 7.78. The van der Waals surface area contributed by atoms with E-state index in [4.69, 9.17) is 4.74 Å². The quantitative estimate of drug-likeness (QED) is 0.377. The van der Waals surface area contributed by atoms with Crippen LogP contribution < -0.4 is 16.0 Å². The number of nitrogens with zero attached hydrogens (tertiary/aromatic N) is 1. The number of amides is 3. The molecular formula is C26H34N4O5. The molecule has 9 heteroatoms. The number of carbonyl (C=O) groups excluding carboxylic acids is 4. The van der Waals surface area contributed by atoms with E-state index in [2.05, 4.69) is 20.9 Å². The van der Waals surface area contributed by atoms with E-state index in [0.717, 1.165) is 5.56 Å². The summed E-state index contributed by atoms with van der Waals surface area (Å²) >= 11 is 0. The maximum absolute atomic E-state index is 13.0. The monoisotopic (exact) mass is 482 g/mol. The van der Waals surface area contributed by atoms with Crippen LogP contribution in [0.2, 0.25) is 0 Å². The Morgan fingerprint density at radius 3 is 2.29 bits per heavy atom. The second kappa shape index (κ2) is 14.5. The molecular weight excluding hydrogens is 448 g/mol. The lowest BCUT2D eigenvalue weighted by atomic mass is 10.0. The van der Waals surface area contributed by atoms with E-state index in [9.17, 15) is 19.2 Å². The SMILES string of the molecule is CCC[C@@H](NC(=O)[C@@H](CC(C)C)NC(=O)OCc1ccccc1)C(=O)C(=O)NCc1ccccn1. The van der Waals surface area contributed by atoms with Gasteiger partial charge in [-0.25, -0.2) is 4.79 Å². The average molecular weight is 483 g/mol. The number of alkyl carbamates (subject to hydrolysis) is 1. The van der Waals surface area contributed by atoms with Crippen molar-refractivity contribution in [2.45, 2.75) is 65.3 Å². The fourth-order valence-electron chi connectivity index (χ4n) is 3.36. The van der Waals surface area contributed by atoms with Crippen molar-refractivity contribution in [1.82, 2.24) is 20.9 Å². The molecule has 2 atom stereocenters. The Morgan fingerprint density at radius 2 is 1.66 bits per heavy atom. The van der Waals surface area contributed by atoms with Gasteiger partial charge >= 0.3 is 6.09 Å². The Labute approximate surface area is 206 Å². The number of ketones is 1. The summed E-state index contributed by atoms with van der Waals surface area (Å²) in [6.07, 6.45) is 2.06. The van der Waals surface area contributed by atoms with Crippen LogP contribution in [0.15, 0.2) is 54.7 Å². The number of aromatic nitrogens is 1. The summed E-state index contributed by atoms with van der Waals surface area (Å²) in [6, 6.07) is 12.5. The number of Topliss-reactive ketones (excluding diaryl/α,β-unsaturated/α-hetero) is 1. The van der Waals surface area contributed by atoms with Gasteiger partial charge in [0, 0.05) is 6.20 Å². The molecule has 1 heterocycles. The molecule has 2 aromatic rings. The van der Waals surface area contributed by atoms with Crippen LogP contribution in [-0.2, 0) is 32.3 Å². The Bertz CT molecular complexity index is 966. The molecule has 0 saturated heterocycles. The third-order valence-corrected chi connectivity index (χ3v) is 5.12. The zero-order valence-corrected chi connectivity index (χ0v) is 20.5. The molecule has 1 aromatic heterocycles. The average Bonchev–Trinajstić information content (AvgIpc) is 2.85. The number of hydrogen-bond acceptors (Lipinski definition) is 6. The number of pyridine rings is 1. The highest BCUT2D eigenvalue weighted by Gasteiger charge is 2.30. The van der Waals surface area contributed by atoms with Crippen molar-refractivity contribution in [1.29, 1.82) is 0 Å². The van der Waals surface area contributed by atoms with Crippen LogP contribution in [-0.4, -0.2) is 40.8 Å². The molecule has 2 rings (SSSR count). The lowest BCUT2D eigenvalue weighted by Gasteiger charge is -2.23. The van der Waals surface area contributed by atoms with Gasteiger partial charge in [-0.2, -0.15) is 0 Å². The van der Waals surface area contributed by atoms with E-state index in [0.29, 0.717) is 18.5 Å². The number of benzene rings is 1. The molecule has 0 saturated carbocycles. The van der Waals surface area contributed by atoms with Gasteiger partial charge in [-0.05, 0) is 36.5 Å². The molecule has 188 valence electrons. The van der Waals surface area contributed by atoms with Gasteiger partial charge in [0.2, 0.25) is 11.7 Å². The first-order valence-electron chi connectivity index (χ1n) is 11.8. The van der Waals surface area contributed by atoms with Gasteiger partial charge < -0.3 is 20.7 Å². The first kappa shape index (κ1) is 27.5. The minimum atomic E-state index is -1.01. The zero-order chi connectivity index (χ0) is 25.6. The maximum atomic E-state index is 13.0. The second-order valence-electron chi connectivity index (χ2n) is 8.61. The van der Waals surface area contributed by atoms with Crippen molar-refractivity contribution in [3.63, 3.8) is 0 Å². The fourth-order valence-corrected chi connectivity index (χ4v) is 3.36. The minimum absolute atomic E-state index is 0.0656. The Hall–Kier alpha value is -3.75. The third kappa shape index (κ3) is 9.95. The van der Waals surface area contributed by atoms with Crippen molar-refractivity contribution in [3.05, 3.63) is 66.0 Å². The molecule has 35 heavy (non-hydrogen) atoms. The van der Waals surface area contributed by atoms with Crippen molar-refractivity contribution < 1.29 is 23.9 Å². The minimum Gasteiger partial charge on any atom is -0.445 e. The maximum Gasteiger partial charge on any atom is 0.408 e. The van der Waals surface area contributed by atoms with Gasteiger partial charge in [0.05, 0.1) is 18.3 Å². The second-order valence-corrected chi connectivity index (χ2v) is 8.61. The van der Waals surface area contributed by atoms with Crippen molar-refractivity contribution in [2.75, 3.05) is 0 Å². The molecule has 9 nitrogen and oxygen atoms in total. The highest BCUT2D eigenvalue weighted by atomic mass is 16.5. The molecule has 0 spiro atoms. The predicted octanol–water partition coefficient (Wildman–Crippen LogP) is 2.89. The molecule has 0 radical (unpaired) electrons. The normalized spacial score (nSPS) is 12.3. The van der Waals surface area contributed by atoms with Crippen molar-refractivity contribution >= 4 is 23.7 Å². The van der Waals surface area contributed by atoms with E-state index in [1.54, 1.807) is 24.4 Å². The number of rotatable bonds is 13. The summed E-state index contributed by atoms with van der Waals surface area (Å²) < 4.78 is 5.24. The highest BCUT2D eigenvalue weighted by Crippen LogP contribution is 2.08. The molecule has 1 aromatic carbocycles. The summed E-state index contributed by atoms with van der Waals surface area (Å²) in [5.74, 6) is -2.00. The number of carbonyl (C=O) groups is 4. The third-order valence-electron chi connectivity index (χ3n) is 5.12. The first-order valence-corrected chi connectivity index (χ1v) is 11.8. The van der Waals surface area contributed by atoms with E-state index in [1.165, 1.54) is 0 Å². The van der Waals surface area contributed by atoms with Crippen LogP contribution in [0.25, 0.3) is 0 Å². The number of ether oxygens (including phenoxy) is 1. The van der Waals surface area contributed by atoms with Gasteiger partial charge in [0.1, 0.15) is 12.6 Å². The van der Waals surface area contributed by atoms with Crippen LogP contribution >= 0.6 is 0 Å². The van der Waals surface area contributed by atoms with Gasteiger partial charge in [-0.3, -0.25) is 19.4 Å². The standard InChI is InChI=1S/C26H34N4O5/c1-4-10-21(23(31)25(33)28-16-20-13-8-9-14-27-20)29-24(32)22(15-18(2)3)30-26(34)35-17-19-11-6-5-7-12-19/h5-9,11-14,18,21-22H,4,10,15-17H2,1-3H3,(H,28,33)(H,29,32)(H,30,34)/t21-,22-/m1/s1. The molecule has 3 amide bonds. The van der Waals surface area contributed by atoms with Crippen LogP contribution in [0.5, 0.6) is 0 Å². The topological polar surface area (TPSA) is 126 Å². The molecule has 0 aliphatic carbocycles. The summed E-state index contributed by atoms with van der Waals surface area (Å²) in [5.41, 5.74) is 1.43. The van der Waals surface area contributed by atoms with Crippen LogP contribution in [0.3, 0.4) is 0 Å². The number of nitrogens with one attached hydrogen (secondary N) is 3. The van der Waals surface area contributed by atoms with E-state index >= 15 is 0 Å². The Morgan fingerprint density at radius 1 is 0.943 bits per heavy atom. The van der Waals surface area contributed by atoms with Gasteiger partial charge in [-0.15, -0.1) is 0 Å². The molecule has 3 N–H and O–H groups in total. The zero-order valence-electron chi connectivity index (χ0n) is 20.5. The lowest BCUT2D eigenvalue weighted by Crippen LogP contribution is -2.54. The highest BCUT2D eigenvalue weighted by molar-refractivity contribution is 6.38. The summed E-state index contributed by atoms with van der Waals surface area (Å²) in [7, 11) is 0. The molecule has 0 aliphatic rings. The smallest absolute Gasteiger partial charge is 0.408 e. The first-order chi connectivity index (χ1) is 16.8. The summed E-state index contributed by atoms with van der Waals surface area (Å²) in [4.78, 5) is 54.6. The fraction of sp³-hybridized carbons (Fsp3) is 0.423. The Balaban J connectivity index is 1.97. The molecule has 0 bridgehead atoms. The van der Waals surface area contributed by atoms with Crippen molar-refractivity contribution in [3.8, 4) is 0 Å². The van der Waals surface area contributed by atoms with Gasteiger partial charge in [-0.1, -0.05) is 63.6 Å². The molecule has 0 aliphatic heterocycles. The van der Waals surface area contributed by atoms with Gasteiger partial charge in [0.25, 0.3) is 5.91 Å². The molecule has 0 unspecified atom stereocenters. The van der Waals surface area contributed by atoms with Crippen molar-refractivity contribution in [2.24, 2.45) is 5.92 Å². The predicted molar refractivity (Wildman–Crippen MR) is 131 cm³/mol. The Kier molecular flexibility index (Phi) is 11.4. The lowest BCUT2D eigenvalue weighted by molar-refractivity contribution is -0.140. The van der Waals surface area contributed by atoms with Gasteiger partial charge in [0.15, 0.2) is 0 Å². The number of hydrogen-bond donors (Lipinski definition) is 3. The van der Waals surface area contributed by atoms with Crippen LogP contribution in [0.1, 0.15) is 51.3 Å². The van der Waals surface area contributed by atoms with E-state index < -0.39 is 35.8 Å². The van der Waals surface area contributed by atoms with E-state index in [-0.39, 0.29) is 25.5 Å².